The van der Waals surface area contributed by atoms with Crippen LogP contribution in [0.3, 0.4) is 0 Å². The molecule has 0 aliphatic carbocycles. The van der Waals surface area contributed by atoms with E-state index in [1.165, 1.54) is 0 Å². The van der Waals surface area contributed by atoms with E-state index in [1.54, 1.807) is 23.0 Å². The van der Waals surface area contributed by atoms with Gasteiger partial charge in [-0.3, -0.25) is 4.79 Å². The Bertz CT molecular complexity index is 602. The van der Waals surface area contributed by atoms with Crippen LogP contribution in [0.4, 0.5) is 0 Å². The van der Waals surface area contributed by atoms with Gasteiger partial charge < -0.3 is 10.4 Å². The normalized spacial score (nSPS) is 11.4. The van der Waals surface area contributed by atoms with Crippen LogP contribution >= 0.6 is 0 Å². The molecule has 1 aromatic heterocycles. The first-order chi connectivity index (χ1) is 11.1. The molecule has 0 aliphatic heterocycles. The number of aliphatic hydroxyl groups is 1. The van der Waals surface area contributed by atoms with E-state index in [0.29, 0.717) is 18.5 Å². The van der Waals surface area contributed by atoms with Gasteiger partial charge in [-0.05, 0) is 55.0 Å². The Morgan fingerprint density at radius 3 is 2.48 bits per heavy atom. The fourth-order valence-corrected chi connectivity index (χ4v) is 2.74. The third-order valence-electron chi connectivity index (χ3n) is 4.66. The maximum atomic E-state index is 12.3. The van der Waals surface area contributed by atoms with Crippen LogP contribution in [-0.4, -0.2) is 33.9 Å². The molecule has 5 nitrogen and oxygen atoms in total. The van der Waals surface area contributed by atoms with Crippen LogP contribution in [0.1, 0.15) is 43.5 Å². The second-order valence-corrected chi connectivity index (χ2v) is 5.86. The largest absolute Gasteiger partial charge is 0.396 e. The van der Waals surface area contributed by atoms with Crippen molar-refractivity contribution >= 4 is 5.91 Å². The summed E-state index contributed by atoms with van der Waals surface area (Å²) in [7, 11) is 0. The Balaban J connectivity index is 2.00. The van der Waals surface area contributed by atoms with Gasteiger partial charge in [-0.1, -0.05) is 13.8 Å². The number of carbonyl (C=O) groups excluding carboxylic acids is 1. The smallest absolute Gasteiger partial charge is 0.251 e. The summed E-state index contributed by atoms with van der Waals surface area (Å²) >= 11 is 0. The zero-order chi connectivity index (χ0) is 16.7. The van der Waals surface area contributed by atoms with Crippen molar-refractivity contribution in [2.75, 3.05) is 13.2 Å². The van der Waals surface area contributed by atoms with Crippen molar-refractivity contribution in [3.63, 3.8) is 0 Å². The lowest BCUT2D eigenvalue weighted by Gasteiger charge is -2.31. The molecule has 0 saturated carbocycles. The highest BCUT2D eigenvalue weighted by molar-refractivity contribution is 5.94. The highest BCUT2D eigenvalue weighted by Gasteiger charge is 2.26. The number of amides is 1. The first-order valence-corrected chi connectivity index (χ1v) is 8.13. The molecule has 124 valence electrons. The fraction of sp³-hybridized carbons (Fsp3) is 0.444. The Labute approximate surface area is 137 Å². The van der Waals surface area contributed by atoms with Crippen LogP contribution in [0, 0.1) is 5.41 Å². The Kier molecular flexibility index (Phi) is 5.93. The summed E-state index contributed by atoms with van der Waals surface area (Å²) in [6, 6.07) is 9.22. The number of nitrogens with zero attached hydrogens (tertiary/aromatic N) is 2. The average Bonchev–Trinajstić information content (AvgIpc) is 3.13. The molecule has 0 aliphatic rings. The van der Waals surface area contributed by atoms with Gasteiger partial charge in [0, 0.05) is 31.1 Å². The second-order valence-electron chi connectivity index (χ2n) is 5.86. The Morgan fingerprint density at radius 1 is 1.26 bits per heavy atom. The molecule has 2 rings (SSSR count). The number of aliphatic hydroxyl groups excluding tert-OH is 1. The van der Waals surface area contributed by atoms with Crippen LogP contribution in [0.5, 0.6) is 0 Å². The minimum Gasteiger partial charge on any atom is -0.396 e. The molecule has 0 unspecified atom stereocenters. The summed E-state index contributed by atoms with van der Waals surface area (Å²) in [4.78, 5) is 12.3. The second kappa shape index (κ2) is 7.92. The molecule has 2 N–H and O–H groups in total. The number of hydrogen-bond donors (Lipinski definition) is 2. The van der Waals surface area contributed by atoms with Crippen LogP contribution in [0.15, 0.2) is 42.7 Å². The summed E-state index contributed by atoms with van der Waals surface area (Å²) in [5.41, 5.74) is 1.52. The predicted molar refractivity (Wildman–Crippen MR) is 90.6 cm³/mol. The molecule has 2 aromatic rings. The fourth-order valence-electron chi connectivity index (χ4n) is 2.74. The minimum absolute atomic E-state index is 0.0284. The number of hydrogen-bond acceptors (Lipinski definition) is 3. The third-order valence-corrected chi connectivity index (χ3v) is 4.66. The van der Waals surface area contributed by atoms with Gasteiger partial charge in [0.15, 0.2) is 0 Å². The van der Waals surface area contributed by atoms with Crippen molar-refractivity contribution in [2.24, 2.45) is 5.41 Å². The molecule has 1 amide bonds. The number of aromatic nitrogens is 2. The molecule has 1 aromatic carbocycles. The lowest BCUT2D eigenvalue weighted by molar-refractivity contribution is 0.0907. The van der Waals surface area contributed by atoms with Crippen molar-refractivity contribution in [3.8, 4) is 5.69 Å². The molecule has 5 heteroatoms. The predicted octanol–water partition coefficient (Wildman–Crippen LogP) is 2.79. The molecule has 0 atom stereocenters. The standard InChI is InChI=1S/C18H25N3O2/c1-3-18(4-2,10-13-22)14-19-17(23)15-6-8-16(9-7-15)21-12-5-11-20-21/h5-9,11-12,22H,3-4,10,13-14H2,1-2H3,(H,19,23). The van der Waals surface area contributed by atoms with Gasteiger partial charge in [-0.2, -0.15) is 5.10 Å². The summed E-state index contributed by atoms with van der Waals surface area (Å²) in [5, 5.41) is 16.4. The quantitative estimate of drug-likeness (QED) is 0.787. The average molecular weight is 315 g/mol. The van der Waals surface area contributed by atoms with Crippen LogP contribution in [0.25, 0.3) is 5.69 Å². The summed E-state index contributed by atoms with van der Waals surface area (Å²) in [6.45, 7) is 4.94. The van der Waals surface area contributed by atoms with Crippen LogP contribution < -0.4 is 5.32 Å². The third kappa shape index (κ3) is 4.20. The Morgan fingerprint density at radius 2 is 1.96 bits per heavy atom. The van der Waals surface area contributed by atoms with E-state index >= 15 is 0 Å². The molecule has 0 fully saturated rings. The van der Waals surface area contributed by atoms with Crippen molar-refractivity contribution in [2.45, 2.75) is 33.1 Å². The summed E-state index contributed by atoms with van der Waals surface area (Å²) < 4.78 is 1.75. The first-order valence-electron chi connectivity index (χ1n) is 8.13. The van der Waals surface area contributed by atoms with Crippen LogP contribution in [0.2, 0.25) is 0 Å². The van der Waals surface area contributed by atoms with Crippen LogP contribution in [-0.2, 0) is 0 Å². The van der Waals surface area contributed by atoms with Gasteiger partial charge in [0.2, 0.25) is 0 Å². The van der Waals surface area contributed by atoms with Gasteiger partial charge in [-0.15, -0.1) is 0 Å². The number of rotatable bonds is 8. The van der Waals surface area contributed by atoms with Gasteiger partial charge in [0.05, 0.1) is 5.69 Å². The molecular weight excluding hydrogens is 290 g/mol. The molecular formula is C18H25N3O2. The highest BCUT2D eigenvalue weighted by atomic mass is 16.3. The van der Waals surface area contributed by atoms with E-state index in [4.69, 9.17) is 0 Å². The lowest BCUT2D eigenvalue weighted by atomic mass is 9.79. The van der Waals surface area contributed by atoms with Gasteiger partial charge in [0.25, 0.3) is 5.91 Å². The monoisotopic (exact) mass is 315 g/mol. The molecule has 0 spiro atoms. The van der Waals surface area contributed by atoms with E-state index in [2.05, 4.69) is 24.3 Å². The van der Waals surface area contributed by atoms with E-state index in [0.717, 1.165) is 18.5 Å². The number of nitrogens with one attached hydrogen (secondary N) is 1. The molecule has 23 heavy (non-hydrogen) atoms. The molecule has 0 saturated heterocycles. The van der Waals surface area contributed by atoms with Gasteiger partial charge >= 0.3 is 0 Å². The maximum Gasteiger partial charge on any atom is 0.251 e. The zero-order valence-electron chi connectivity index (χ0n) is 13.8. The molecule has 1 heterocycles. The van der Waals surface area contributed by atoms with Crippen molar-refractivity contribution in [1.82, 2.24) is 15.1 Å². The van der Waals surface area contributed by atoms with E-state index < -0.39 is 0 Å². The maximum absolute atomic E-state index is 12.3. The Hall–Kier alpha value is -2.14. The zero-order valence-corrected chi connectivity index (χ0v) is 13.8. The van der Waals surface area contributed by atoms with Crippen molar-refractivity contribution < 1.29 is 9.90 Å². The summed E-state index contributed by atoms with van der Waals surface area (Å²) in [6.07, 6.45) is 6.15. The van der Waals surface area contributed by atoms with E-state index in [1.807, 2.05) is 24.4 Å². The molecule has 0 bridgehead atoms. The van der Waals surface area contributed by atoms with E-state index in [-0.39, 0.29) is 17.9 Å². The lowest BCUT2D eigenvalue weighted by Crippen LogP contribution is -2.37. The minimum atomic E-state index is -0.0822. The van der Waals surface area contributed by atoms with E-state index in [9.17, 15) is 9.90 Å². The van der Waals surface area contributed by atoms with Gasteiger partial charge in [-0.25, -0.2) is 4.68 Å². The highest BCUT2D eigenvalue weighted by Crippen LogP contribution is 2.29. The van der Waals surface area contributed by atoms with Gasteiger partial charge in [0.1, 0.15) is 0 Å². The van der Waals surface area contributed by atoms with Crippen molar-refractivity contribution in [1.29, 1.82) is 0 Å². The first kappa shape index (κ1) is 17.2. The SMILES string of the molecule is CCC(CC)(CCO)CNC(=O)c1ccc(-n2cccn2)cc1. The summed E-state index contributed by atoms with van der Waals surface area (Å²) in [5.74, 6) is -0.0822. The molecule has 0 radical (unpaired) electrons. The number of benzene rings is 1. The topological polar surface area (TPSA) is 67.2 Å². The number of carbonyl (C=O) groups is 1. The van der Waals surface area contributed by atoms with Crippen molar-refractivity contribution in [3.05, 3.63) is 48.3 Å².